The quantitative estimate of drug-likeness (QED) is 0.674. The molecule has 0 atom stereocenters. The van der Waals surface area contributed by atoms with Crippen LogP contribution >= 0.6 is 23.2 Å². The fourth-order valence-electron chi connectivity index (χ4n) is 2.17. The van der Waals surface area contributed by atoms with E-state index < -0.39 is 11.7 Å². The molecule has 1 amide bonds. The number of amides is 1. The van der Waals surface area contributed by atoms with Gasteiger partial charge in [-0.2, -0.15) is 0 Å². The zero-order valence-electron chi connectivity index (χ0n) is 14.4. The van der Waals surface area contributed by atoms with Crippen LogP contribution in [-0.4, -0.2) is 16.7 Å². The molecule has 0 saturated carbocycles. The summed E-state index contributed by atoms with van der Waals surface area (Å²) in [6, 6.07) is 13.2. The summed E-state index contributed by atoms with van der Waals surface area (Å²) in [7, 11) is 0. The van der Waals surface area contributed by atoms with Crippen LogP contribution in [0.2, 0.25) is 0 Å². The van der Waals surface area contributed by atoms with Crippen molar-refractivity contribution in [1.29, 1.82) is 0 Å². The molecule has 132 valence electrons. The Morgan fingerprint density at radius 1 is 1.16 bits per heavy atom. The third-order valence-electron chi connectivity index (χ3n) is 3.13. The van der Waals surface area contributed by atoms with Gasteiger partial charge >= 0.3 is 6.09 Å². The summed E-state index contributed by atoms with van der Waals surface area (Å²) < 4.78 is 5.63. The van der Waals surface area contributed by atoms with Gasteiger partial charge in [0.2, 0.25) is 0 Å². The Morgan fingerprint density at radius 2 is 1.84 bits per heavy atom. The number of carbonyl (C=O) groups excluding carboxylic acids is 1. The Bertz CT molecular complexity index is 752. The molecule has 4 nitrogen and oxygen atoms in total. The van der Waals surface area contributed by atoms with Crippen LogP contribution in [0.1, 0.15) is 31.9 Å². The molecule has 0 aliphatic heterocycles. The summed E-state index contributed by atoms with van der Waals surface area (Å²) in [5, 5.41) is 0. The van der Waals surface area contributed by atoms with Gasteiger partial charge in [-0.3, -0.25) is 4.90 Å². The first-order chi connectivity index (χ1) is 11.8. The van der Waals surface area contributed by atoms with Gasteiger partial charge in [-0.05, 0) is 44.5 Å². The average Bonchev–Trinajstić information content (AvgIpc) is 2.52. The summed E-state index contributed by atoms with van der Waals surface area (Å²) in [5.41, 5.74) is 0.955. The van der Waals surface area contributed by atoms with E-state index in [1.165, 1.54) is 4.90 Å². The van der Waals surface area contributed by atoms with Crippen molar-refractivity contribution >= 4 is 41.2 Å². The van der Waals surface area contributed by atoms with Crippen molar-refractivity contribution in [2.45, 2.75) is 32.9 Å². The highest BCUT2D eigenvalue weighted by Gasteiger charge is 2.26. The maximum absolute atomic E-state index is 12.8. The number of benzene rings is 1. The van der Waals surface area contributed by atoms with Crippen molar-refractivity contribution < 1.29 is 9.53 Å². The standard InChI is InChI=1S/C19H20Cl2N2O2/c1-19(2,3)25-18(24)23(13-14-8-5-4-6-9-14)17-15(12-16(20)21)10-7-11-22-17/h4-12H,13H2,1-3H3. The lowest BCUT2D eigenvalue weighted by atomic mass is 10.2. The smallest absolute Gasteiger partial charge is 0.416 e. The van der Waals surface area contributed by atoms with Gasteiger partial charge in [-0.25, -0.2) is 9.78 Å². The van der Waals surface area contributed by atoms with Gasteiger partial charge in [-0.1, -0.05) is 53.5 Å². The van der Waals surface area contributed by atoms with E-state index in [0.29, 0.717) is 17.9 Å². The molecular formula is C19H20Cl2N2O2. The molecule has 0 aliphatic carbocycles. The fourth-order valence-corrected chi connectivity index (χ4v) is 2.41. The van der Waals surface area contributed by atoms with Gasteiger partial charge in [0.15, 0.2) is 0 Å². The zero-order valence-corrected chi connectivity index (χ0v) is 15.9. The lowest BCUT2D eigenvalue weighted by Gasteiger charge is -2.27. The largest absolute Gasteiger partial charge is 0.443 e. The predicted octanol–water partition coefficient (Wildman–Crippen LogP) is 5.80. The lowest BCUT2D eigenvalue weighted by Crippen LogP contribution is -2.37. The predicted molar refractivity (Wildman–Crippen MR) is 103 cm³/mol. The molecule has 2 aromatic rings. The second kappa shape index (κ2) is 8.37. The number of aromatic nitrogens is 1. The molecule has 25 heavy (non-hydrogen) atoms. The van der Waals surface area contributed by atoms with E-state index in [-0.39, 0.29) is 4.49 Å². The first-order valence-electron chi connectivity index (χ1n) is 7.78. The van der Waals surface area contributed by atoms with Crippen molar-refractivity contribution in [1.82, 2.24) is 4.98 Å². The molecule has 0 spiro atoms. The first kappa shape index (κ1) is 19.3. The van der Waals surface area contributed by atoms with Crippen molar-refractivity contribution in [3.8, 4) is 0 Å². The number of rotatable bonds is 4. The van der Waals surface area contributed by atoms with Gasteiger partial charge < -0.3 is 4.74 Å². The van der Waals surface area contributed by atoms with Crippen LogP contribution in [0, 0.1) is 0 Å². The van der Waals surface area contributed by atoms with Gasteiger partial charge in [0, 0.05) is 11.8 Å². The molecule has 0 bridgehead atoms. The third kappa shape index (κ3) is 6.07. The summed E-state index contributed by atoms with van der Waals surface area (Å²) in [4.78, 5) is 18.6. The fraction of sp³-hybridized carbons (Fsp3) is 0.263. The summed E-state index contributed by atoms with van der Waals surface area (Å²) in [6.45, 7) is 5.77. The Labute approximate surface area is 158 Å². The van der Waals surface area contributed by atoms with Gasteiger partial charge in [0.05, 0.1) is 6.54 Å². The summed E-state index contributed by atoms with van der Waals surface area (Å²) >= 11 is 11.6. The van der Waals surface area contributed by atoms with Crippen LogP contribution in [0.3, 0.4) is 0 Å². The second-order valence-electron chi connectivity index (χ2n) is 6.40. The lowest BCUT2D eigenvalue weighted by molar-refractivity contribution is 0.0576. The van der Waals surface area contributed by atoms with Crippen LogP contribution in [0.25, 0.3) is 6.08 Å². The number of halogens is 2. The molecule has 0 N–H and O–H groups in total. The highest BCUT2D eigenvalue weighted by atomic mass is 35.5. The maximum Gasteiger partial charge on any atom is 0.416 e. The molecule has 0 fully saturated rings. The van der Waals surface area contributed by atoms with E-state index in [0.717, 1.165) is 5.56 Å². The van der Waals surface area contributed by atoms with Crippen LogP contribution < -0.4 is 4.90 Å². The number of pyridine rings is 1. The average molecular weight is 379 g/mol. The topological polar surface area (TPSA) is 42.4 Å². The Balaban J connectivity index is 2.44. The van der Waals surface area contributed by atoms with Crippen LogP contribution in [-0.2, 0) is 11.3 Å². The monoisotopic (exact) mass is 378 g/mol. The van der Waals surface area contributed by atoms with E-state index in [1.807, 2.05) is 51.1 Å². The Morgan fingerprint density at radius 3 is 2.44 bits per heavy atom. The molecular weight excluding hydrogens is 359 g/mol. The molecule has 0 saturated heterocycles. The van der Waals surface area contributed by atoms with Crippen molar-refractivity contribution in [2.24, 2.45) is 0 Å². The minimum Gasteiger partial charge on any atom is -0.443 e. The molecule has 6 heteroatoms. The van der Waals surface area contributed by atoms with Crippen molar-refractivity contribution in [3.05, 3.63) is 64.3 Å². The normalized spacial score (nSPS) is 10.9. The zero-order chi connectivity index (χ0) is 18.4. The third-order valence-corrected chi connectivity index (χ3v) is 3.35. The van der Waals surface area contributed by atoms with E-state index in [1.54, 1.807) is 24.4 Å². The van der Waals surface area contributed by atoms with Crippen molar-refractivity contribution in [3.63, 3.8) is 0 Å². The van der Waals surface area contributed by atoms with E-state index in [4.69, 9.17) is 27.9 Å². The molecule has 0 aliphatic rings. The first-order valence-corrected chi connectivity index (χ1v) is 8.54. The summed E-state index contributed by atoms with van der Waals surface area (Å²) in [5.74, 6) is 0.430. The van der Waals surface area contributed by atoms with E-state index in [9.17, 15) is 4.79 Å². The van der Waals surface area contributed by atoms with E-state index in [2.05, 4.69) is 4.98 Å². The number of ether oxygens (including phenoxy) is 1. The Kier molecular flexibility index (Phi) is 6.45. The van der Waals surface area contributed by atoms with Crippen LogP contribution in [0.15, 0.2) is 53.2 Å². The highest BCUT2D eigenvalue weighted by molar-refractivity contribution is 6.57. The van der Waals surface area contributed by atoms with Gasteiger partial charge in [-0.15, -0.1) is 0 Å². The number of anilines is 1. The summed E-state index contributed by atoms with van der Waals surface area (Å²) in [6.07, 6.45) is 2.67. The van der Waals surface area contributed by atoms with Gasteiger partial charge in [0.1, 0.15) is 15.9 Å². The second-order valence-corrected chi connectivity index (χ2v) is 7.41. The molecule has 1 aromatic carbocycles. The number of carbonyl (C=O) groups is 1. The minimum absolute atomic E-state index is 0.0816. The molecule has 1 heterocycles. The van der Waals surface area contributed by atoms with Crippen LogP contribution in [0.5, 0.6) is 0 Å². The van der Waals surface area contributed by atoms with Crippen LogP contribution in [0.4, 0.5) is 10.6 Å². The number of nitrogens with zero attached hydrogens (tertiary/aromatic N) is 2. The molecule has 0 unspecified atom stereocenters. The SMILES string of the molecule is CC(C)(C)OC(=O)N(Cc1ccccc1)c1ncccc1C=C(Cl)Cl. The maximum atomic E-state index is 12.8. The van der Waals surface area contributed by atoms with Gasteiger partial charge in [0.25, 0.3) is 0 Å². The minimum atomic E-state index is -0.624. The highest BCUT2D eigenvalue weighted by Crippen LogP contribution is 2.26. The van der Waals surface area contributed by atoms with E-state index >= 15 is 0 Å². The number of hydrogen-bond donors (Lipinski definition) is 0. The molecule has 0 radical (unpaired) electrons. The Hall–Kier alpha value is -2.04. The molecule has 1 aromatic heterocycles. The van der Waals surface area contributed by atoms with Crippen molar-refractivity contribution in [2.75, 3.05) is 4.90 Å². The number of hydrogen-bond acceptors (Lipinski definition) is 3. The molecule has 2 rings (SSSR count).